The van der Waals surface area contributed by atoms with Gasteiger partial charge >= 0.3 is 0 Å². The summed E-state index contributed by atoms with van der Waals surface area (Å²) in [7, 11) is 0. The molecule has 15 heavy (non-hydrogen) atoms. The standard InChI is InChI=1S/C14H30O/c1-9-13(5,6)11(3)15-12(4)14(7,8)10-2/h11-12H,9-10H2,1-8H3. The van der Waals surface area contributed by atoms with Crippen molar-refractivity contribution in [3.63, 3.8) is 0 Å². The topological polar surface area (TPSA) is 9.23 Å². The first-order valence-electron chi connectivity index (χ1n) is 6.32. The fourth-order valence-corrected chi connectivity index (χ4v) is 1.25. The van der Waals surface area contributed by atoms with Gasteiger partial charge in [0.05, 0.1) is 12.2 Å². The molecule has 92 valence electrons. The van der Waals surface area contributed by atoms with Crippen LogP contribution in [-0.2, 0) is 4.74 Å². The Morgan fingerprint density at radius 2 is 1.07 bits per heavy atom. The van der Waals surface area contributed by atoms with Gasteiger partial charge in [-0.1, -0.05) is 41.5 Å². The van der Waals surface area contributed by atoms with Crippen molar-refractivity contribution in [1.29, 1.82) is 0 Å². The summed E-state index contributed by atoms with van der Waals surface area (Å²) in [6.07, 6.45) is 2.97. The van der Waals surface area contributed by atoms with Gasteiger partial charge < -0.3 is 4.74 Å². The van der Waals surface area contributed by atoms with Gasteiger partial charge in [0.1, 0.15) is 0 Å². The Bertz CT molecular complexity index is 162. The smallest absolute Gasteiger partial charge is 0.0601 e. The molecular formula is C14H30O. The van der Waals surface area contributed by atoms with Crippen LogP contribution in [0.4, 0.5) is 0 Å². The first-order chi connectivity index (χ1) is 6.67. The van der Waals surface area contributed by atoms with E-state index >= 15 is 0 Å². The maximum Gasteiger partial charge on any atom is 0.0601 e. The van der Waals surface area contributed by atoms with E-state index < -0.39 is 0 Å². The van der Waals surface area contributed by atoms with Gasteiger partial charge in [0.25, 0.3) is 0 Å². The second kappa shape index (κ2) is 5.34. The molecule has 0 bridgehead atoms. The lowest BCUT2D eigenvalue weighted by Crippen LogP contribution is -2.37. The van der Waals surface area contributed by atoms with Crippen molar-refractivity contribution >= 4 is 0 Å². The highest BCUT2D eigenvalue weighted by molar-refractivity contribution is 4.79. The van der Waals surface area contributed by atoms with E-state index in [-0.39, 0.29) is 10.8 Å². The second-order valence-corrected chi connectivity index (χ2v) is 6.10. The molecule has 1 nitrogen and oxygen atoms in total. The zero-order valence-electron chi connectivity index (χ0n) is 12.0. The third kappa shape index (κ3) is 4.14. The first kappa shape index (κ1) is 15.0. The molecule has 2 atom stereocenters. The molecule has 0 amide bonds. The molecule has 0 rings (SSSR count). The minimum atomic E-state index is 0.276. The largest absolute Gasteiger partial charge is 0.374 e. The molecule has 0 heterocycles. The van der Waals surface area contributed by atoms with Crippen LogP contribution in [-0.4, -0.2) is 12.2 Å². The lowest BCUT2D eigenvalue weighted by Gasteiger charge is -2.38. The average Bonchev–Trinajstić information content (AvgIpc) is 2.17. The molecule has 0 spiro atoms. The number of ether oxygens (including phenoxy) is 1. The Hall–Kier alpha value is -0.0400. The Balaban J connectivity index is 4.36. The van der Waals surface area contributed by atoms with Crippen LogP contribution in [0.1, 0.15) is 68.2 Å². The molecule has 0 radical (unpaired) electrons. The summed E-state index contributed by atoms with van der Waals surface area (Å²) < 4.78 is 6.16. The van der Waals surface area contributed by atoms with E-state index in [9.17, 15) is 0 Å². The van der Waals surface area contributed by atoms with Crippen LogP contribution in [0.25, 0.3) is 0 Å². The normalized spacial score (nSPS) is 17.6. The Labute approximate surface area is 96.6 Å². The highest BCUT2D eigenvalue weighted by Gasteiger charge is 2.31. The summed E-state index contributed by atoms with van der Waals surface area (Å²) in [6.45, 7) is 18.0. The van der Waals surface area contributed by atoms with Crippen molar-refractivity contribution < 1.29 is 4.74 Å². The Kier molecular flexibility index (Phi) is 5.32. The SMILES string of the molecule is CCC(C)(C)C(C)OC(C)C(C)(C)CC. The maximum atomic E-state index is 6.16. The van der Waals surface area contributed by atoms with Crippen LogP contribution in [0, 0.1) is 10.8 Å². The Morgan fingerprint density at radius 1 is 0.800 bits per heavy atom. The molecule has 2 unspecified atom stereocenters. The van der Waals surface area contributed by atoms with Gasteiger partial charge in [0.2, 0.25) is 0 Å². The fraction of sp³-hybridized carbons (Fsp3) is 1.00. The van der Waals surface area contributed by atoms with Crippen LogP contribution in [0.15, 0.2) is 0 Å². The van der Waals surface area contributed by atoms with E-state index in [4.69, 9.17) is 4.74 Å². The molecule has 0 aliphatic heterocycles. The minimum absolute atomic E-state index is 0.276. The van der Waals surface area contributed by atoms with Crippen LogP contribution >= 0.6 is 0 Å². The van der Waals surface area contributed by atoms with Crippen molar-refractivity contribution in [1.82, 2.24) is 0 Å². The van der Waals surface area contributed by atoms with E-state index in [1.54, 1.807) is 0 Å². The van der Waals surface area contributed by atoms with Gasteiger partial charge in [-0.2, -0.15) is 0 Å². The summed E-state index contributed by atoms with van der Waals surface area (Å²) in [5, 5.41) is 0. The second-order valence-electron chi connectivity index (χ2n) is 6.10. The highest BCUT2D eigenvalue weighted by Crippen LogP contribution is 2.33. The summed E-state index contributed by atoms with van der Waals surface area (Å²) in [6, 6.07) is 0. The van der Waals surface area contributed by atoms with E-state index in [1.165, 1.54) is 0 Å². The van der Waals surface area contributed by atoms with E-state index in [0.717, 1.165) is 12.8 Å². The van der Waals surface area contributed by atoms with Gasteiger partial charge in [-0.05, 0) is 37.5 Å². The van der Waals surface area contributed by atoms with Gasteiger partial charge in [-0.15, -0.1) is 0 Å². The van der Waals surface area contributed by atoms with Gasteiger partial charge in [-0.25, -0.2) is 0 Å². The van der Waals surface area contributed by atoms with Crippen molar-refractivity contribution in [2.45, 2.75) is 80.4 Å². The zero-order chi connectivity index (χ0) is 12.3. The van der Waals surface area contributed by atoms with Crippen LogP contribution in [0.2, 0.25) is 0 Å². The maximum absolute atomic E-state index is 6.16. The third-order valence-corrected chi connectivity index (χ3v) is 4.43. The fourth-order valence-electron chi connectivity index (χ4n) is 1.25. The van der Waals surface area contributed by atoms with Crippen molar-refractivity contribution in [2.24, 2.45) is 10.8 Å². The summed E-state index contributed by atoms with van der Waals surface area (Å²) >= 11 is 0. The molecule has 0 N–H and O–H groups in total. The van der Waals surface area contributed by atoms with Crippen LogP contribution < -0.4 is 0 Å². The number of rotatable bonds is 6. The molecular weight excluding hydrogens is 184 g/mol. The lowest BCUT2D eigenvalue weighted by atomic mass is 9.82. The Morgan fingerprint density at radius 3 is 1.27 bits per heavy atom. The van der Waals surface area contributed by atoms with Gasteiger partial charge in [0, 0.05) is 0 Å². The van der Waals surface area contributed by atoms with Crippen molar-refractivity contribution in [3.05, 3.63) is 0 Å². The summed E-state index contributed by atoms with van der Waals surface area (Å²) in [5.41, 5.74) is 0.552. The molecule has 0 saturated carbocycles. The molecule has 0 aliphatic carbocycles. The quantitative estimate of drug-likeness (QED) is 0.625. The van der Waals surface area contributed by atoms with Crippen molar-refractivity contribution in [3.8, 4) is 0 Å². The predicted molar refractivity (Wildman–Crippen MR) is 68.2 cm³/mol. The third-order valence-electron chi connectivity index (χ3n) is 4.43. The number of hydrogen-bond donors (Lipinski definition) is 0. The molecule has 0 aliphatic rings. The molecule has 0 aromatic heterocycles. The molecule has 1 heteroatoms. The molecule has 0 aromatic rings. The average molecular weight is 214 g/mol. The van der Waals surface area contributed by atoms with Crippen LogP contribution in [0.3, 0.4) is 0 Å². The van der Waals surface area contributed by atoms with Crippen LogP contribution in [0.5, 0.6) is 0 Å². The van der Waals surface area contributed by atoms with Gasteiger partial charge in [0.15, 0.2) is 0 Å². The van der Waals surface area contributed by atoms with Crippen molar-refractivity contribution in [2.75, 3.05) is 0 Å². The van der Waals surface area contributed by atoms with Gasteiger partial charge in [-0.3, -0.25) is 0 Å². The van der Waals surface area contributed by atoms with E-state index in [1.807, 2.05) is 0 Å². The first-order valence-corrected chi connectivity index (χ1v) is 6.32. The van der Waals surface area contributed by atoms with E-state index in [2.05, 4.69) is 55.4 Å². The monoisotopic (exact) mass is 214 g/mol. The predicted octanol–water partition coefficient (Wildman–Crippen LogP) is 4.65. The lowest BCUT2D eigenvalue weighted by molar-refractivity contribution is -0.0995. The van der Waals surface area contributed by atoms with E-state index in [0.29, 0.717) is 12.2 Å². The molecule has 0 fully saturated rings. The summed E-state index contributed by atoms with van der Waals surface area (Å²) in [5.74, 6) is 0. The minimum Gasteiger partial charge on any atom is -0.374 e. The molecule has 0 aromatic carbocycles. The summed E-state index contributed by atoms with van der Waals surface area (Å²) in [4.78, 5) is 0. The molecule has 0 saturated heterocycles. The highest BCUT2D eigenvalue weighted by atomic mass is 16.5. The number of hydrogen-bond acceptors (Lipinski definition) is 1. The zero-order valence-corrected chi connectivity index (χ0v) is 12.0.